The van der Waals surface area contributed by atoms with E-state index in [9.17, 15) is 19.1 Å². The number of hydrogen-bond donors (Lipinski definition) is 2. The van der Waals surface area contributed by atoms with Crippen LogP contribution in [-0.2, 0) is 9.59 Å². The number of piperazine rings is 1. The summed E-state index contributed by atoms with van der Waals surface area (Å²) in [5, 5.41) is 14.6. The molecule has 3 heterocycles. The van der Waals surface area contributed by atoms with Crippen LogP contribution in [-0.4, -0.2) is 60.6 Å². The van der Waals surface area contributed by atoms with E-state index >= 15 is 0 Å². The van der Waals surface area contributed by atoms with E-state index in [0.717, 1.165) is 0 Å². The van der Waals surface area contributed by atoms with E-state index in [0.29, 0.717) is 21.8 Å². The molecule has 34 heavy (non-hydrogen) atoms. The van der Waals surface area contributed by atoms with Gasteiger partial charge in [-0.1, -0.05) is 11.6 Å². The molecule has 0 aliphatic carbocycles. The number of hydrogen-bond acceptors (Lipinski definition) is 6. The first-order valence-electron chi connectivity index (χ1n) is 10.7. The minimum atomic E-state index is -1.23. The van der Waals surface area contributed by atoms with Crippen molar-refractivity contribution in [1.82, 2.24) is 19.5 Å². The van der Waals surface area contributed by atoms with Crippen molar-refractivity contribution < 1.29 is 19.1 Å². The molecule has 3 N–H and O–H groups in total. The standard InChI is InChI=1S/C23H26ClFN6O3/c1-22(2,34)11-18(32)30-8-7-29(21(33)23(30,3)4)17-9-13(5-6-15(17)25)16-10-14(24)19-20(26)27-12-28-31(16)19/h5-6,9-10,12,34H,7-8,11H2,1-4H3,(H2,26,27,28). The molecule has 0 bridgehead atoms. The van der Waals surface area contributed by atoms with Gasteiger partial charge >= 0.3 is 0 Å². The van der Waals surface area contributed by atoms with Crippen LogP contribution >= 0.6 is 11.6 Å². The number of carbonyl (C=O) groups is 2. The van der Waals surface area contributed by atoms with E-state index in [-0.39, 0.29) is 36.9 Å². The Labute approximate surface area is 200 Å². The van der Waals surface area contributed by atoms with Crippen LogP contribution in [0, 0.1) is 5.82 Å². The number of benzene rings is 1. The third-order valence-electron chi connectivity index (χ3n) is 5.94. The second-order valence-electron chi connectivity index (χ2n) is 9.50. The third kappa shape index (κ3) is 4.07. The molecular formula is C23H26ClFN6O3. The zero-order valence-electron chi connectivity index (χ0n) is 19.3. The van der Waals surface area contributed by atoms with Crippen LogP contribution in [0.5, 0.6) is 0 Å². The van der Waals surface area contributed by atoms with Gasteiger partial charge in [-0.3, -0.25) is 9.59 Å². The lowest BCUT2D eigenvalue weighted by Crippen LogP contribution is -2.65. The summed E-state index contributed by atoms with van der Waals surface area (Å²) in [6.45, 7) is 6.60. The van der Waals surface area contributed by atoms with Crippen molar-refractivity contribution in [3.05, 3.63) is 41.4 Å². The molecule has 4 rings (SSSR count). The maximum absolute atomic E-state index is 15.0. The first kappa shape index (κ1) is 23.9. The van der Waals surface area contributed by atoms with Crippen molar-refractivity contribution in [1.29, 1.82) is 0 Å². The van der Waals surface area contributed by atoms with Gasteiger partial charge in [-0.05, 0) is 52.0 Å². The van der Waals surface area contributed by atoms with Gasteiger partial charge in [-0.2, -0.15) is 5.10 Å². The summed E-state index contributed by atoms with van der Waals surface area (Å²) in [6, 6.07) is 6.04. The smallest absolute Gasteiger partial charge is 0.252 e. The monoisotopic (exact) mass is 488 g/mol. The number of carbonyl (C=O) groups excluding carboxylic acids is 2. The molecule has 0 atom stereocenters. The molecule has 1 aliphatic rings. The first-order valence-corrected chi connectivity index (χ1v) is 11.1. The summed E-state index contributed by atoms with van der Waals surface area (Å²) >= 11 is 6.33. The summed E-state index contributed by atoms with van der Waals surface area (Å²) < 4.78 is 16.5. The predicted octanol–water partition coefficient (Wildman–Crippen LogP) is 2.89. The molecule has 2 amide bonds. The van der Waals surface area contributed by atoms with Gasteiger partial charge in [0.25, 0.3) is 5.91 Å². The average molecular weight is 489 g/mol. The van der Waals surface area contributed by atoms with Gasteiger partial charge in [0.15, 0.2) is 5.82 Å². The molecule has 11 heteroatoms. The predicted molar refractivity (Wildman–Crippen MR) is 127 cm³/mol. The molecule has 2 aromatic heterocycles. The first-order chi connectivity index (χ1) is 15.8. The van der Waals surface area contributed by atoms with Crippen LogP contribution in [0.4, 0.5) is 15.9 Å². The zero-order valence-corrected chi connectivity index (χ0v) is 20.1. The van der Waals surface area contributed by atoms with Crippen molar-refractivity contribution in [2.24, 2.45) is 0 Å². The second-order valence-corrected chi connectivity index (χ2v) is 9.91. The highest BCUT2D eigenvalue weighted by Gasteiger charge is 2.45. The van der Waals surface area contributed by atoms with Crippen LogP contribution in [0.25, 0.3) is 16.8 Å². The Morgan fingerprint density at radius 1 is 1.29 bits per heavy atom. The molecule has 0 saturated carbocycles. The lowest BCUT2D eigenvalue weighted by atomic mass is 9.94. The molecule has 0 spiro atoms. The van der Waals surface area contributed by atoms with E-state index in [1.165, 1.54) is 40.6 Å². The molecule has 180 valence electrons. The maximum Gasteiger partial charge on any atom is 0.252 e. The number of rotatable bonds is 4. The Bertz CT molecular complexity index is 1300. The number of amides is 2. The van der Waals surface area contributed by atoms with Crippen molar-refractivity contribution in [2.45, 2.75) is 45.3 Å². The van der Waals surface area contributed by atoms with Gasteiger partial charge < -0.3 is 20.6 Å². The van der Waals surface area contributed by atoms with Crippen LogP contribution in [0.3, 0.4) is 0 Å². The number of anilines is 2. The summed E-state index contributed by atoms with van der Waals surface area (Å²) in [4.78, 5) is 32.9. The van der Waals surface area contributed by atoms with E-state index in [2.05, 4.69) is 10.1 Å². The molecule has 0 radical (unpaired) electrons. The average Bonchev–Trinajstić information content (AvgIpc) is 3.07. The quantitative estimate of drug-likeness (QED) is 0.583. The van der Waals surface area contributed by atoms with E-state index in [1.54, 1.807) is 32.0 Å². The molecule has 1 aromatic carbocycles. The van der Waals surface area contributed by atoms with Crippen LogP contribution in [0.2, 0.25) is 5.02 Å². The topological polar surface area (TPSA) is 117 Å². The van der Waals surface area contributed by atoms with Crippen LogP contribution < -0.4 is 10.6 Å². The minimum Gasteiger partial charge on any atom is -0.390 e. The van der Waals surface area contributed by atoms with E-state index < -0.39 is 22.9 Å². The summed E-state index contributed by atoms with van der Waals surface area (Å²) in [5.74, 6) is -1.14. The maximum atomic E-state index is 15.0. The minimum absolute atomic E-state index is 0.0817. The Kier molecular flexibility index (Phi) is 5.77. The van der Waals surface area contributed by atoms with Gasteiger partial charge in [0.05, 0.1) is 28.4 Å². The number of fused-ring (bicyclic) bond motifs is 1. The Morgan fingerprint density at radius 3 is 2.68 bits per heavy atom. The number of nitrogens with zero attached hydrogens (tertiary/aromatic N) is 5. The van der Waals surface area contributed by atoms with Gasteiger partial charge in [-0.15, -0.1) is 0 Å². The summed E-state index contributed by atoms with van der Waals surface area (Å²) in [5.41, 5.74) is 5.13. The third-order valence-corrected chi connectivity index (χ3v) is 6.23. The van der Waals surface area contributed by atoms with Crippen molar-refractivity contribution in [3.8, 4) is 11.3 Å². The fourth-order valence-corrected chi connectivity index (χ4v) is 4.55. The van der Waals surface area contributed by atoms with Crippen molar-refractivity contribution >= 4 is 40.4 Å². The normalized spacial score (nSPS) is 16.4. The number of nitrogens with two attached hydrogens (primary N) is 1. The Hall–Kier alpha value is -3.24. The molecule has 3 aromatic rings. The lowest BCUT2D eigenvalue weighted by molar-refractivity contribution is -0.150. The highest BCUT2D eigenvalue weighted by molar-refractivity contribution is 6.35. The largest absolute Gasteiger partial charge is 0.390 e. The molecule has 0 unspecified atom stereocenters. The lowest BCUT2D eigenvalue weighted by Gasteiger charge is -2.46. The second kappa shape index (κ2) is 8.21. The molecule has 1 saturated heterocycles. The molecule has 9 nitrogen and oxygen atoms in total. The fourth-order valence-electron chi connectivity index (χ4n) is 4.27. The summed E-state index contributed by atoms with van der Waals surface area (Å²) in [7, 11) is 0. The van der Waals surface area contributed by atoms with Crippen molar-refractivity contribution in [2.75, 3.05) is 23.7 Å². The molecule has 1 fully saturated rings. The van der Waals surface area contributed by atoms with E-state index in [1.807, 2.05) is 0 Å². The van der Waals surface area contributed by atoms with Gasteiger partial charge in [0.2, 0.25) is 5.91 Å². The number of aromatic nitrogens is 3. The number of aliphatic hydroxyl groups is 1. The van der Waals surface area contributed by atoms with Crippen LogP contribution in [0.15, 0.2) is 30.6 Å². The zero-order chi connectivity index (χ0) is 25.0. The number of halogens is 2. The highest BCUT2D eigenvalue weighted by Crippen LogP contribution is 2.35. The van der Waals surface area contributed by atoms with Crippen LogP contribution in [0.1, 0.15) is 34.1 Å². The molecule has 1 aliphatic heterocycles. The number of nitrogen functional groups attached to an aromatic ring is 1. The Balaban J connectivity index is 1.71. The highest BCUT2D eigenvalue weighted by atomic mass is 35.5. The van der Waals surface area contributed by atoms with Gasteiger partial charge in [-0.25, -0.2) is 13.9 Å². The van der Waals surface area contributed by atoms with Gasteiger partial charge in [0.1, 0.15) is 23.2 Å². The van der Waals surface area contributed by atoms with Crippen molar-refractivity contribution in [3.63, 3.8) is 0 Å². The fraction of sp³-hybridized carbons (Fsp3) is 0.391. The van der Waals surface area contributed by atoms with E-state index in [4.69, 9.17) is 17.3 Å². The summed E-state index contributed by atoms with van der Waals surface area (Å²) in [6.07, 6.45) is 1.17. The Morgan fingerprint density at radius 2 is 2.00 bits per heavy atom. The SMILES string of the molecule is CC(C)(O)CC(=O)N1CCN(c2cc(-c3cc(Cl)c4c(N)ncnn34)ccc2F)C(=O)C1(C)C. The van der Waals surface area contributed by atoms with Gasteiger partial charge in [0, 0.05) is 18.7 Å². The molecular weight excluding hydrogens is 463 g/mol.